The Morgan fingerprint density at radius 2 is 1.92 bits per heavy atom. The second-order valence-corrected chi connectivity index (χ2v) is 7.74. The third-order valence-corrected chi connectivity index (χ3v) is 5.77. The molecule has 0 aromatic heterocycles. The molecule has 1 fully saturated rings. The van der Waals surface area contributed by atoms with E-state index in [2.05, 4.69) is 54.4 Å². The lowest BCUT2D eigenvalue weighted by Crippen LogP contribution is -2.46. The Morgan fingerprint density at radius 3 is 2.58 bits per heavy atom. The monoisotopic (exact) mass is 326 g/mol. The number of fused-ring (bicyclic) bond motifs is 2. The first kappa shape index (κ1) is 17.2. The molecule has 1 aromatic carbocycles. The van der Waals surface area contributed by atoms with Crippen molar-refractivity contribution in [3.05, 3.63) is 47.0 Å². The zero-order chi connectivity index (χ0) is 17.2. The van der Waals surface area contributed by atoms with Crippen LogP contribution < -0.4 is 5.32 Å². The minimum Gasteiger partial charge on any atom is -0.350 e. The molecule has 0 bridgehead atoms. The van der Waals surface area contributed by atoms with E-state index in [0.29, 0.717) is 5.41 Å². The SMILES string of the molecule is CC(=O)N[C@H]1CCC2(CCN(CC=C(C)C)CC2)c2ccccc21. The number of allylic oxidation sites excluding steroid dienone is 1. The summed E-state index contributed by atoms with van der Waals surface area (Å²) in [4.78, 5) is 14.1. The molecule has 1 aliphatic carbocycles. The molecule has 1 spiro atoms. The Morgan fingerprint density at radius 1 is 1.21 bits per heavy atom. The molecule has 1 heterocycles. The molecule has 1 N–H and O–H groups in total. The van der Waals surface area contributed by atoms with E-state index in [0.717, 1.165) is 13.0 Å². The fourth-order valence-corrected chi connectivity index (χ4v) is 4.38. The van der Waals surface area contributed by atoms with Gasteiger partial charge in [-0.1, -0.05) is 35.9 Å². The molecule has 0 radical (unpaired) electrons. The van der Waals surface area contributed by atoms with Crippen molar-refractivity contribution in [1.82, 2.24) is 10.2 Å². The molecule has 24 heavy (non-hydrogen) atoms. The Balaban J connectivity index is 1.77. The highest BCUT2D eigenvalue weighted by Gasteiger charge is 2.41. The maximum absolute atomic E-state index is 11.5. The number of likely N-dealkylation sites (tertiary alicyclic amines) is 1. The normalized spacial score (nSPS) is 22.7. The van der Waals surface area contributed by atoms with Gasteiger partial charge in [-0.05, 0) is 69.2 Å². The molecular weight excluding hydrogens is 296 g/mol. The molecule has 1 aromatic rings. The van der Waals surface area contributed by atoms with Gasteiger partial charge in [-0.2, -0.15) is 0 Å². The van der Waals surface area contributed by atoms with E-state index in [-0.39, 0.29) is 11.9 Å². The van der Waals surface area contributed by atoms with Gasteiger partial charge in [0.15, 0.2) is 0 Å². The van der Waals surface area contributed by atoms with E-state index in [1.165, 1.54) is 49.1 Å². The van der Waals surface area contributed by atoms with Crippen LogP contribution in [0.25, 0.3) is 0 Å². The lowest BCUT2D eigenvalue weighted by molar-refractivity contribution is -0.119. The van der Waals surface area contributed by atoms with Gasteiger partial charge in [0.05, 0.1) is 6.04 Å². The van der Waals surface area contributed by atoms with Crippen LogP contribution in [0, 0.1) is 0 Å². The molecule has 3 nitrogen and oxygen atoms in total. The number of piperidine rings is 1. The zero-order valence-corrected chi connectivity index (χ0v) is 15.3. The number of benzene rings is 1. The third kappa shape index (κ3) is 3.56. The summed E-state index contributed by atoms with van der Waals surface area (Å²) in [5, 5.41) is 3.14. The largest absolute Gasteiger partial charge is 0.350 e. The average Bonchev–Trinajstić information content (AvgIpc) is 2.57. The molecule has 1 saturated heterocycles. The zero-order valence-electron chi connectivity index (χ0n) is 15.3. The Hall–Kier alpha value is -1.61. The van der Waals surface area contributed by atoms with Gasteiger partial charge in [0, 0.05) is 13.5 Å². The van der Waals surface area contributed by atoms with Crippen molar-refractivity contribution < 1.29 is 4.79 Å². The van der Waals surface area contributed by atoms with Gasteiger partial charge < -0.3 is 5.32 Å². The van der Waals surface area contributed by atoms with Crippen LogP contribution in [-0.4, -0.2) is 30.4 Å². The smallest absolute Gasteiger partial charge is 0.217 e. The van der Waals surface area contributed by atoms with E-state index >= 15 is 0 Å². The molecule has 3 rings (SSSR count). The summed E-state index contributed by atoms with van der Waals surface area (Å²) in [7, 11) is 0. The van der Waals surface area contributed by atoms with Crippen molar-refractivity contribution in [2.24, 2.45) is 0 Å². The predicted octanol–water partition coefficient (Wildman–Crippen LogP) is 3.96. The first-order valence-corrected chi connectivity index (χ1v) is 9.22. The first-order valence-electron chi connectivity index (χ1n) is 9.22. The highest BCUT2D eigenvalue weighted by atomic mass is 16.1. The van der Waals surface area contributed by atoms with Crippen molar-refractivity contribution in [1.29, 1.82) is 0 Å². The van der Waals surface area contributed by atoms with E-state index in [9.17, 15) is 4.79 Å². The van der Waals surface area contributed by atoms with Crippen LogP contribution in [0.2, 0.25) is 0 Å². The van der Waals surface area contributed by atoms with Crippen LogP contribution in [0.3, 0.4) is 0 Å². The van der Waals surface area contributed by atoms with Crippen molar-refractivity contribution >= 4 is 5.91 Å². The topological polar surface area (TPSA) is 32.3 Å². The van der Waals surface area contributed by atoms with E-state index in [1.54, 1.807) is 6.92 Å². The first-order chi connectivity index (χ1) is 11.5. The molecule has 3 heteroatoms. The minimum atomic E-state index is 0.0716. The Kier molecular flexibility index (Phi) is 5.09. The minimum absolute atomic E-state index is 0.0716. The summed E-state index contributed by atoms with van der Waals surface area (Å²) in [5.74, 6) is 0.0716. The van der Waals surface area contributed by atoms with Crippen molar-refractivity contribution in [2.75, 3.05) is 19.6 Å². The number of carbonyl (C=O) groups excluding carboxylic acids is 1. The fraction of sp³-hybridized carbons (Fsp3) is 0.571. The number of carbonyl (C=O) groups is 1. The van der Waals surface area contributed by atoms with Crippen LogP contribution in [0.5, 0.6) is 0 Å². The maximum atomic E-state index is 11.5. The third-order valence-electron chi connectivity index (χ3n) is 5.77. The van der Waals surface area contributed by atoms with Crippen molar-refractivity contribution in [3.8, 4) is 0 Å². The summed E-state index contributed by atoms with van der Waals surface area (Å²) >= 11 is 0. The van der Waals surface area contributed by atoms with Crippen LogP contribution in [0.15, 0.2) is 35.9 Å². The van der Waals surface area contributed by atoms with Gasteiger partial charge in [0.25, 0.3) is 0 Å². The standard InChI is InChI=1S/C21H30N2O/c1-16(2)9-13-23-14-11-21(12-15-23)10-8-20(22-17(3)24)18-6-4-5-7-19(18)21/h4-7,9,20H,8,10-15H2,1-3H3,(H,22,24)/t20-/m0/s1. The van der Waals surface area contributed by atoms with Crippen molar-refractivity contribution in [2.45, 2.75) is 57.9 Å². The summed E-state index contributed by atoms with van der Waals surface area (Å²) in [6, 6.07) is 8.97. The summed E-state index contributed by atoms with van der Waals surface area (Å²) in [5.41, 5.74) is 4.54. The lowest BCUT2D eigenvalue weighted by Gasteiger charge is -2.47. The predicted molar refractivity (Wildman–Crippen MR) is 99.0 cm³/mol. The molecule has 0 unspecified atom stereocenters. The molecule has 1 amide bonds. The molecule has 0 saturated carbocycles. The summed E-state index contributed by atoms with van der Waals surface area (Å²) in [6.45, 7) is 9.38. The Bertz CT molecular complexity index is 622. The van der Waals surface area contributed by atoms with Gasteiger partial charge in [-0.25, -0.2) is 0 Å². The fourth-order valence-electron chi connectivity index (χ4n) is 4.38. The lowest BCUT2D eigenvalue weighted by atomic mass is 9.63. The van der Waals surface area contributed by atoms with E-state index in [4.69, 9.17) is 0 Å². The quantitative estimate of drug-likeness (QED) is 0.853. The van der Waals surface area contributed by atoms with E-state index in [1.807, 2.05) is 0 Å². The maximum Gasteiger partial charge on any atom is 0.217 e. The number of amides is 1. The van der Waals surface area contributed by atoms with Gasteiger partial charge in [0.1, 0.15) is 0 Å². The van der Waals surface area contributed by atoms with Crippen molar-refractivity contribution in [3.63, 3.8) is 0 Å². The van der Waals surface area contributed by atoms with Crippen LogP contribution in [0.4, 0.5) is 0 Å². The van der Waals surface area contributed by atoms with Gasteiger partial charge >= 0.3 is 0 Å². The molecule has 1 atom stereocenters. The van der Waals surface area contributed by atoms with E-state index < -0.39 is 0 Å². The second kappa shape index (κ2) is 7.10. The van der Waals surface area contributed by atoms with Gasteiger partial charge in [-0.3, -0.25) is 9.69 Å². The Labute approximate surface area is 146 Å². The number of hydrogen-bond donors (Lipinski definition) is 1. The number of nitrogens with one attached hydrogen (secondary N) is 1. The highest BCUT2D eigenvalue weighted by molar-refractivity contribution is 5.73. The number of rotatable bonds is 3. The van der Waals surface area contributed by atoms with Crippen LogP contribution in [0.1, 0.15) is 63.6 Å². The average molecular weight is 326 g/mol. The molecule has 1 aliphatic heterocycles. The molecule has 130 valence electrons. The number of nitrogens with zero attached hydrogens (tertiary/aromatic N) is 1. The molecular formula is C21H30N2O. The second-order valence-electron chi connectivity index (χ2n) is 7.74. The highest BCUT2D eigenvalue weighted by Crippen LogP contribution is 2.47. The molecule has 2 aliphatic rings. The van der Waals surface area contributed by atoms with Crippen LogP contribution in [-0.2, 0) is 10.2 Å². The summed E-state index contributed by atoms with van der Waals surface area (Å²) < 4.78 is 0. The van der Waals surface area contributed by atoms with Crippen LogP contribution >= 0.6 is 0 Å². The van der Waals surface area contributed by atoms with Gasteiger partial charge in [-0.15, -0.1) is 0 Å². The van der Waals surface area contributed by atoms with Gasteiger partial charge in [0.2, 0.25) is 5.91 Å². The number of hydrogen-bond acceptors (Lipinski definition) is 2. The summed E-state index contributed by atoms with van der Waals surface area (Å²) in [6.07, 6.45) is 7.04.